The van der Waals surface area contributed by atoms with Crippen molar-refractivity contribution in [3.8, 4) is 0 Å². The van der Waals surface area contributed by atoms with Crippen LogP contribution in [-0.2, 0) is 0 Å². The molecular weight excluding hydrogens is 422 g/mol. The van der Waals surface area contributed by atoms with E-state index < -0.39 is 0 Å². The highest BCUT2D eigenvalue weighted by molar-refractivity contribution is 7.17. The predicted molar refractivity (Wildman–Crippen MR) is 121 cm³/mol. The molecule has 1 fully saturated rings. The summed E-state index contributed by atoms with van der Waals surface area (Å²) in [5.74, 6) is 1.74. The molecule has 0 aliphatic carbocycles. The van der Waals surface area contributed by atoms with Gasteiger partial charge in [0.2, 0.25) is 0 Å². The van der Waals surface area contributed by atoms with Crippen molar-refractivity contribution >= 4 is 51.3 Å². The molecule has 1 aliphatic heterocycles. The van der Waals surface area contributed by atoms with Crippen molar-refractivity contribution in [2.24, 2.45) is 5.73 Å². The summed E-state index contributed by atoms with van der Waals surface area (Å²) in [5.41, 5.74) is 7.22. The molecule has 3 aromatic rings. The van der Waals surface area contributed by atoms with Crippen LogP contribution in [0.4, 0.5) is 22.5 Å². The zero-order chi connectivity index (χ0) is 22.1. The van der Waals surface area contributed by atoms with Crippen LogP contribution in [0, 0.1) is 13.8 Å². The molecule has 0 saturated carbocycles. The molecule has 3 heterocycles. The average Bonchev–Trinajstić information content (AvgIpc) is 3.33. The summed E-state index contributed by atoms with van der Waals surface area (Å²) in [7, 11) is 0. The van der Waals surface area contributed by atoms with E-state index in [1.54, 1.807) is 13.0 Å². The van der Waals surface area contributed by atoms with Gasteiger partial charge >= 0.3 is 0 Å². The number of hydrogen-bond acceptors (Lipinski definition) is 8. The van der Waals surface area contributed by atoms with Crippen LogP contribution in [0.15, 0.2) is 30.4 Å². The molecule has 1 aliphatic rings. The number of para-hydroxylation sites is 1. The van der Waals surface area contributed by atoms with Crippen LogP contribution in [0.25, 0.3) is 0 Å². The topological polar surface area (TPSA) is 109 Å². The summed E-state index contributed by atoms with van der Waals surface area (Å²) in [6, 6.07) is 5.44. The van der Waals surface area contributed by atoms with Crippen molar-refractivity contribution in [3.05, 3.63) is 51.7 Å². The molecule has 2 aromatic heterocycles. The monoisotopic (exact) mass is 444 g/mol. The lowest BCUT2D eigenvalue weighted by Crippen LogP contribution is -2.27. The Morgan fingerprint density at radius 3 is 2.97 bits per heavy atom. The number of carbonyl (C=O) groups is 1. The van der Waals surface area contributed by atoms with E-state index in [9.17, 15) is 4.79 Å². The average molecular weight is 445 g/mol. The summed E-state index contributed by atoms with van der Waals surface area (Å²) in [6.45, 7) is 5.25. The Labute approximate surface area is 184 Å². The standard InChI is InChI=1S/C20H22ClN7OS/c1-11-4-3-5-14(21)18(11)27-19(29)15-9-23-20(30-15)26-16-8-17(25-12(2)24-16)28-7-6-13(22)10-28/h3-5,8-9,13H,6-7,10,22H2,1-2H3,(H,27,29)(H,23,24,25,26)/t13-/m0/s1/i3D. The summed E-state index contributed by atoms with van der Waals surface area (Å²) in [4.78, 5) is 28.4. The number of aryl methyl sites for hydroxylation is 2. The van der Waals surface area contributed by atoms with Gasteiger partial charge in [-0.1, -0.05) is 35.0 Å². The van der Waals surface area contributed by atoms with Crippen molar-refractivity contribution in [1.82, 2.24) is 15.0 Å². The third-order valence-corrected chi connectivity index (χ3v) is 5.93. The fourth-order valence-electron chi connectivity index (χ4n) is 3.23. The van der Waals surface area contributed by atoms with Crippen molar-refractivity contribution in [1.29, 1.82) is 0 Å². The first-order chi connectivity index (χ1) is 14.8. The number of carbonyl (C=O) groups excluding carboxylic acids is 1. The second-order valence-corrected chi connectivity index (χ2v) is 8.56. The van der Waals surface area contributed by atoms with E-state index >= 15 is 0 Å². The molecule has 10 heteroatoms. The molecule has 30 heavy (non-hydrogen) atoms. The maximum absolute atomic E-state index is 12.7. The number of halogens is 1. The third-order valence-electron chi connectivity index (χ3n) is 4.72. The van der Waals surface area contributed by atoms with Gasteiger partial charge in [-0.2, -0.15) is 0 Å². The number of benzene rings is 1. The Balaban J connectivity index is 1.48. The van der Waals surface area contributed by atoms with Gasteiger partial charge in [-0.3, -0.25) is 4.79 Å². The van der Waals surface area contributed by atoms with E-state index in [1.807, 2.05) is 13.0 Å². The van der Waals surface area contributed by atoms with Gasteiger partial charge in [-0.05, 0) is 31.9 Å². The first-order valence-corrected chi connectivity index (χ1v) is 10.6. The van der Waals surface area contributed by atoms with Gasteiger partial charge in [0.25, 0.3) is 5.91 Å². The number of hydrogen-bond donors (Lipinski definition) is 3. The van der Waals surface area contributed by atoms with E-state index in [0.717, 1.165) is 30.9 Å². The van der Waals surface area contributed by atoms with E-state index in [-0.39, 0.29) is 11.9 Å². The molecule has 4 rings (SSSR count). The first-order valence-electron chi connectivity index (χ1n) is 9.95. The Hall–Kier alpha value is -2.75. The Morgan fingerprint density at radius 1 is 1.40 bits per heavy atom. The molecule has 0 spiro atoms. The Bertz CT molecular complexity index is 1120. The van der Waals surface area contributed by atoms with E-state index in [4.69, 9.17) is 18.7 Å². The summed E-state index contributed by atoms with van der Waals surface area (Å²) < 4.78 is 7.69. The number of nitrogens with one attached hydrogen (secondary N) is 2. The molecule has 1 aromatic carbocycles. The molecule has 1 amide bonds. The zero-order valence-electron chi connectivity index (χ0n) is 17.6. The minimum atomic E-state index is -0.320. The third kappa shape index (κ3) is 4.53. The molecule has 4 N–H and O–H groups in total. The lowest BCUT2D eigenvalue weighted by atomic mass is 10.2. The zero-order valence-corrected chi connectivity index (χ0v) is 18.1. The van der Waals surface area contributed by atoms with Crippen LogP contribution in [0.2, 0.25) is 5.02 Å². The molecule has 0 bridgehead atoms. The maximum atomic E-state index is 12.7. The smallest absolute Gasteiger partial charge is 0.267 e. The van der Waals surface area contributed by atoms with Crippen LogP contribution >= 0.6 is 22.9 Å². The fraction of sp³-hybridized carbons (Fsp3) is 0.300. The van der Waals surface area contributed by atoms with Crippen LogP contribution < -0.4 is 21.3 Å². The Morgan fingerprint density at radius 2 is 2.23 bits per heavy atom. The van der Waals surface area contributed by atoms with Gasteiger partial charge in [0.05, 0.1) is 18.3 Å². The molecule has 156 valence electrons. The van der Waals surface area contributed by atoms with E-state index in [2.05, 4.69) is 30.5 Å². The second-order valence-electron chi connectivity index (χ2n) is 7.12. The minimum absolute atomic E-state index is 0.154. The van der Waals surface area contributed by atoms with Crippen LogP contribution in [0.5, 0.6) is 0 Å². The number of aromatic nitrogens is 3. The number of rotatable bonds is 5. The predicted octanol–water partition coefficient (Wildman–Crippen LogP) is 3.74. The van der Waals surface area contributed by atoms with Crippen molar-refractivity contribution < 1.29 is 6.17 Å². The van der Waals surface area contributed by atoms with Crippen LogP contribution in [0.3, 0.4) is 0 Å². The number of amides is 1. The number of nitrogens with two attached hydrogens (primary N) is 1. The van der Waals surface area contributed by atoms with Crippen molar-refractivity contribution in [2.75, 3.05) is 28.6 Å². The lowest BCUT2D eigenvalue weighted by molar-refractivity contribution is 0.103. The maximum Gasteiger partial charge on any atom is 0.267 e. The molecule has 0 unspecified atom stereocenters. The second kappa shape index (κ2) is 8.55. The van der Waals surface area contributed by atoms with Gasteiger partial charge in [-0.15, -0.1) is 0 Å². The summed E-state index contributed by atoms with van der Waals surface area (Å²) >= 11 is 7.39. The normalized spacial score (nSPS) is 16.5. The SMILES string of the molecule is [2H]c1cc(C)c(NC(=O)c2cnc(Nc3cc(N4CC[C@H](N)C4)nc(C)n3)s2)c(Cl)c1. The molecule has 0 radical (unpaired) electrons. The van der Waals surface area contributed by atoms with Crippen LogP contribution in [-0.4, -0.2) is 40.0 Å². The van der Waals surface area contributed by atoms with E-state index in [1.165, 1.54) is 23.6 Å². The summed E-state index contributed by atoms with van der Waals surface area (Å²) in [5, 5.41) is 6.82. The number of nitrogens with zero attached hydrogens (tertiary/aromatic N) is 4. The largest absolute Gasteiger partial charge is 0.355 e. The number of anilines is 4. The quantitative estimate of drug-likeness (QED) is 0.549. The van der Waals surface area contributed by atoms with Gasteiger partial charge in [0.1, 0.15) is 22.3 Å². The molecular formula is C20H22ClN7OS. The van der Waals surface area contributed by atoms with Crippen LogP contribution in [0.1, 0.15) is 28.9 Å². The molecule has 1 atom stereocenters. The van der Waals surface area contributed by atoms with Crippen molar-refractivity contribution in [2.45, 2.75) is 26.3 Å². The highest BCUT2D eigenvalue weighted by Crippen LogP contribution is 2.28. The first kappa shape index (κ1) is 19.2. The highest BCUT2D eigenvalue weighted by Gasteiger charge is 2.21. The summed E-state index contributed by atoms with van der Waals surface area (Å²) in [6.07, 6.45) is 2.43. The van der Waals surface area contributed by atoms with E-state index in [0.29, 0.717) is 38.4 Å². The number of thiazole rings is 1. The lowest BCUT2D eigenvalue weighted by Gasteiger charge is -2.18. The fourth-order valence-corrected chi connectivity index (χ4v) is 4.20. The van der Waals surface area contributed by atoms with Gasteiger partial charge in [0.15, 0.2) is 5.13 Å². The minimum Gasteiger partial charge on any atom is -0.355 e. The highest BCUT2D eigenvalue weighted by atomic mass is 35.5. The molecule has 8 nitrogen and oxygen atoms in total. The van der Waals surface area contributed by atoms with Gasteiger partial charge < -0.3 is 21.3 Å². The molecule has 1 saturated heterocycles. The Kier molecular flexibility index (Phi) is 5.48. The van der Waals surface area contributed by atoms with Gasteiger partial charge in [0, 0.05) is 25.2 Å². The van der Waals surface area contributed by atoms with Crippen molar-refractivity contribution in [3.63, 3.8) is 0 Å². The van der Waals surface area contributed by atoms with Gasteiger partial charge in [-0.25, -0.2) is 15.0 Å².